The molecular formula is C11H9BrClN3OS. The smallest absolute Gasteiger partial charge is 0.271 e. The lowest BCUT2D eigenvalue weighted by Gasteiger charge is -2.05. The Morgan fingerprint density at radius 3 is 2.89 bits per heavy atom. The Morgan fingerprint density at radius 1 is 1.44 bits per heavy atom. The van der Waals surface area contributed by atoms with E-state index in [-0.39, 0.29) is 22.4 Å². The number of carbonyl (C=O) groups excluding carboxylic acids is 1. The van der Waals surface area contributed by atoms with Crippen LogP contribution in [-0.4, -0.2) is 10.9 Å². The minimum absolute atomic E-state index is 0.146. The number of nitrogens with one attached hydrogen (secondary N) is 1. The molecule has 2 aromatic heterocycles. The first-order valence-corrected chi connectivity index (χ1v) is 6.99. The first-order chi connectivity index (χ1) is 8.56. The number of hydrogen-bond acceptors (Lipinski definition) is 4. The molecule has 1 amide bonds. The van der Waals surface area contributed by atoms with Crippen molar-refractivity contribution in [2.24, 2.45) is 0 Å². The zero-order valence-electron chi connectivity index (χ0n) is 9.11. The zero-order chi connectivity index (χ0) is 13.1. The van der Waals surface area contributed by atoms with Crippen LogP contribution < -0.4 is 11.1 Å². The fourth-order valence-electron chi connectivity index (χ4n) is 1.31. The number of nitrogens with zero attached hydrogens (tertiary/aromatic N) is 1. The van der Waals surface area contributed by atoms with Crippen molar-refractivity contribution in [3.8, 4) is 0 Å². The Morgan fingerprint density at radius 2 is 2.22 bits per heavy atom. The van der Waals surface area contributed by atoms with Gasteiger partial charge in [-0.1, -0.05) is 11.6 Å². The molecule has 94 valence electrons. The van der Waals surface area contributed by atoms with Crippen LogP contribution in [0, 0.1) is 0 Å². The largest absolute Gasteiger partial charge is 0.384 e. The van der Waals surface area contributed by atoms with Crippen LogP contribution in [0.15, 0.2) is 28.1 Å². The molecule has 7 heteroatoms. The third-order valence-electron chi connectivity index (χ3n) is 2.13. The lowest BCUT2D eigenvalue weighted by molar-refractivity contribution is 0.0946. The Kier molecular flexibility index (Phi) is 4.21. The van der Waals surface area contributed by atoms with Crippen molar-refractivity contribution in [2.75, 3.05) is 5.73 Å². The molecule has 0 atom stereocenters. The molecule has 4 nitrogen and oxygen atoms in total. The number of carbonyl (C=O) groups is 1. The predicted molar refractivity (Wildman–Crippen MR) is 76.8 cm³/mol. The summed E-state index contributed by atoms with van der Waals surface area (Å²) in [4.78, 5) is 16.8. The summed E-state index contributed by atoms with van der Waals surface area (Å²) >= 11 is 10.8. The van der Waals surface area contributed by atoms with E-state index in [4.69, 9.17) is 17.3 Å². The van der Waals surface area contributed by atoms with Gasteiger partial charge in [-0.3, -0.25) is 4.79 Å². The van der Waals surface area contributed by atoms with Gasteiger partial charge < -0.3 is 11.1 Å². The number of pyridine rings is 1. The summed E-state index contributed by atoms with van der Waals surface area (Å²) in [6.07, 6.45) is 0. The van der Waals surface area contributed by atoms with Gasteiger partial charge in [0.15, 0.2) is 0 Å². The molecule has 2 aromatic rings. The Bertz CT molecular complexity index is 587. The summed E-state index contributed by atoms with van der Waals surface area (Å²) in [7, 11) is 0. The van der Waals surface area contributed by atoms with E-state index in [0.29, 0.717) is 6.54 Å². The first-order valence-electron chi connectivity index (χ1n) is 5.00. The number of thiophene rings is 1. The Hall–Kier alpha value is -1.11. The number of nitrogens with two attached hydrogens (primary N) is 1. The summed E-state index contributed by atoms with van der Waals surface area (Å²) in [6.45, 7) is 0.432. The molecule has 3 N–H and O–H groups in total. The van der Waals surface area contributed by atoms with E-state index in [1.165, 1.54) is 0 Å². The molecule has 0 aliphatic heterocycles. The summed E-state index contributed by atoms with van der Waals surface area (Å²) in [6, 6.07) is 6.97. The van der Waals surface area contributed by atoms with E-state index in [1.54, 1.807) is 23.5 Å². The van der Waals surface area contributed by atoms with Crippen molar-refractivity contribution in [3.05, 3.63) is 43.6 Å². The number of hydrogen-bond donors (Lipinski definition) is 2. The fraction of sp³-hybridized carbons (Fsp3) is 0.0909. The van der Waals surface area contributed by atoms with Crippen LogP contribution in [0.3, 0.4) is 0 Å². The minimum atomic E-state index is -0.336. The van der Waals surface area contributed by atoms with Crippen molar-refractivity contribution >= 4 is 50.6 Å². The standard InChI is InChI=1S/C11H9BrClN3OS/c12-8-3-1-6(18-8)5-15-11(17)10-7(13)2-4-9(14)16-10/h1-4H,5H2,(H2,14,16)(H,15,17). The van der Waals surface area contributed by atoms with E-state index in [9.17, 15) is 4.79 Å². The summed E-state index contributed by atoms with van der Waals surface area (Å²) in [5.41, 5.74) is 5.67. The average molecular weight is 347 g/mol. The maximum absolute atomic E-state index is 11.9. The molecular weight excluding hydrogens is 338 g/mol. The number of nitrogen functional groups attached to an aromatic ring is 1. The number of aromatic nitrogens is 1. The molecule has 2 heterocycles. The second-order valence-corrected chi connectivity index (χ2v) is 6.41. The lowest BCUT2D eigenvalue weighted by atomic mass is 10.3. The molecule has 0 aromatic carbocycles. The van der Waals surface area contributed by atoms with Gasteiger partial charge in [-0.2, -0.15) is 0 Å². The normalized spacial score (nSPS) is 10.3. The fourth-order valence-corrected chi connectivity index (χ4v) is 2.93. The molecule has 0 radical (unpaired) electrons. The SMILES string of the molecule is Nc1ccc(Cl)c(C(=O)NCc2ccc(Br)s2)n1. The molecule has 0 fully saturated rings. The van der Waals surface area contributed by atoms with E-state index >= 15 is 0 Å². The van der Waals surface area contributed by atoms with Crippen LogP contribution >= 0.6 is 38.9 Å². The maximum Gasteiger partial charge on any atom is 0.271 e. The molecule has 0 aliphatic carbocycles. The van der Waals surface area contributed by atoms with Gasteiger partial charge in [0, 0.05) is 4.88 Å². The highest BCUT2D eigenvalue weighted by Gasteiger charge is 2.12. The summed E-state index contributed by atoms with van der Waals surface area (Å²) in [5, 5.41) is 3.03. The zero-order valence-corrected chi connectivity index (χ0v) is 12.3. The highest BCUT2D eigenvalue weighted by Crippen LogP contribution is 2.22. The van der Waals surface area contributed by atoms with Gasteiger partial charge in [0.05, 0.1) is 15.4 Å². The monoisotopic (exact) mass is 345 g/mol. The Balaban J connectivity index is 2.05. The van der Waals surface area contributed by atoms with Crippen molar-refractivity contribution in [3.63, 3.8) is 0 Å². The number of halogens is 2. The van der Waals surface area contributed by atoms with Crippen molar-refractivity contribution in [1.29, 1.82) is 0 Å². The van der Waals surface area contributed by atoms with E-state index in [0.717, 1.165) is 8.66 Å². The van der Waals surface area contributed by atoms with Crippen LogP contribution in [0.4, 0.5) is 5.82 Å². The second-order valence-electron chi connectivity index (χ2n) is 3.46. The molecule has 0 aliphatic rings. The van der Waals surface area contributed by atoms with Gasteiger partial charge in [-0.25, -0.2) is 4.98 Å². The molecule has 0 unspecified atom stereocenters. The first kappa shape index (κ1) is 13.3. The van der Waals surface area contributed by atoms with Gasteiger partial charge in [0.25, 0.3) is 5.91 Å². The predicted octanol–water partition coefficient (Wildman–Crippen LogP) is 3.07. The third kappa shape index (κ3) is 3.22. The topological polar surface area (TPSA) is 68.0 Å². The maximum atomic E-state index is 11.9. The Labute approximate surface area is 121 Å². The van der Waals surface area contributed by atoms with Gasteiger partial charge in [-0.05, 0) is 40.2 Å². The minimum Gasteiger partial charge on any atom is -0.384 e. The number of amides is 1. The van der Waals surface area contributed by atoms with Crippen LogP contribution in [-0.2, 0) is 6.54 Å². The quantitative estimate of drug-likeness (QED) is 0.897. The van der Waals surface area contributed by atoms with Gasteiger partial charge in [0.2, 0.25) is 0 Å². The molecule has 0 saturated heterocycles. The highest BCUT2D eigenvalue weighted by molar-refractivity contribution is 9.11. The summed E-state index contributed by atoms with van der Waals surface area (Å²) < 4.78 is 1.02. The van der Waals surface area contributed by atoms with Crippen LogP contribution in [0.25, 0.3) is 0 Å². The van der Waals surface area contributed by atoms with Crippen molar-refractivity contribution in [2.45, 2.75) is 6.54 Å². The van der Waals surface area contributed by atoms with Crippen molar-refractivity contribution in [1.82, 2.24) is 10.3 Å². The third-order valence-corrected chi connectivity index (χ3v) is 4.06. The molecule has 0 spiro atoms. The van der Waals surface area contributed by atoms with E-state index in [2.05, 4.69) is 26.2 Å². The van der Waals surface area contributed by atoms with Gasteiger partial charge in [0.1, 0.15) is 11.5 Å². The van der Waals surface area contributed by atoms with E-state index < -0.39 is 0 Å². The molecule has 18 heavy (non-hydrogen) atoms. The molecule has 0 saturated carbocycles. The highest BCUT2D eigenvalue weighted by atomic mass is 79.9. The average Bonchev–Trinajstić information content (AvgIpc) is 2.75. The molecule has 0 bridgehead atoms. The van der Waals surface area contributed by atoms with Gasteiger partial charge >= 0.3 is 0 Å². The number of anilines is 1. The van der Waals surface area contributed by atoms with Crippen LogP contribution in [0.5, 0.6) is 0 Å². The molecule has 2 rings (SSSR count). The van der Waals surface area contributed by atoms with Gasteiger partial charge in [-0.15, -0.1) is 11.3 Å². The second kappa shape index (κ2) is 5.69. The van der Waals surface area contributed by atoms with Crippen molar-refractivity contribution < 1.29 is 4.79 Å². The number of rotatable bonds is 3. The van der Waals surface area contributed by atoms with Crippen LogP contribution in [0.2, 0.25) is 5.02 Å². The summed E-state index contributed by atoms with van der Waals surface area (Å²) in [5.74, 6) is -0.0692. The van der Waals surface area contributed by atoms with Crippen LogP contribution in [0.1, 0.15) is 15.4 Å². The van der Waals surface area contributed by atoms with E-state index in [1.807, 2.05) is 12.1 Å². The lowest BCUT2D eigenvalue weighted by Crippen LogP contribution is -2.24.